The van der Waals surface area contributed by atoms with E-state index in [4.69, 9.17) is 10.1 Å². The zero-order valence-electron chi connectivity index (χ0n) is 16.9. The van der Waals surface area contributed by atoms with Crippen molar-refractivity contribution in [1.29, 1.82) is 0 Å². The van der Waals surface area contributed by atoms with Crippen LogP contribution < -0.4 is 9.80 Å². The first-order valence-corrected chi connectivity index (χ1v) is 10.5. The lowest BCUT2D eigenvalue weighted by Gasteiger charge is -2.33. The van der Waals surface area contributed by atoms with Gasteiger partial charge in [-0.3, -0.25) is 0 Å². The number of anilines is 1. The van der Waals surface area contributed by atoms with Gasteiger partial charge in [0.25, 0.3) is 0 Å². The maximum absolute atomic E-state index is 9.26. The fraction of sp³-hybridized carbons (Fsp3) is 0.250. The van der Waals surface area contributed by atoms with Crippen LogP contribution in [0, 0.1) is 0 Å². The Kier molecular flexibility index (Phi) is 5.17. The lowest BCUT2D eigenvalue weighted by Crippen LogP contribution is -3.15. The topological polar surface area (TPSA) is 58.1 Å². The van der Waals surface area contributed by atoms with E-state index in [1.807, 2.05) is 47.1 Å². The number of aliphatic hydroxyl groups is 1. The van der Waals surface area contributed by atoms with Gasteiger partial charge in [-0.2, -0.15) is 9.61 Å². The van der Waals surface area contributed by atoms with Crippen LogP contribution in [0.15, 0.2) is 72.9 Å². The van der Waals surface area contributed by atoms with E-state index in [0.29, 0.717) is 0 Å². The first-order valence-electron chi connectivity index (χ1n) is 10.5. The van der Waals surface area contributed by atoms with Gasteiger partial charge in [-0.25, -0.2) is 4.98 Å². The number of hydrogen-bond donors (Lipinski definition) is 2. The summed E-state index contributed by atoms with van der Waals surface area (Å²) in [6.07, 6.45) is 1.92. The van der Waals surface area contributed by atoms with Crippen molar-refractivity contribution >= 4 is 11.5 Å². The van der Waals surface area contributed by atoms with E-state index in [0.717, 1.165) is 66.6 Å². The minimum absolute atomic E-state index is 0.243. The lowest BCUT2D eigenvalue weighted by atomic mass is 10.1. The summed E-state index contributed by atoms with van der Waals surface area (Å²) in [6, 6.07) is 22.8. The molecular formula is C24H26N5O+. The average molecular weight is 401 g/mol. The average Bonchev–Trinajstić information content (AvgIpc) is 3.24. The molecule has 0 spiro atoms. The summed E-state index contributed by atoms with van der Waals surface area (Å²) in [5, 5.41) is 14.0. The van der Waals surface area contributed by atoms with Gasteiger partial charge in [0.05, 0.1) is 44.7 Å². The third-order valence-electron chi connectivity index (χ3n) is 5.87. The Hall–Kier alpha value is -3.22. The molecule has 6 nitrogen and oxygen atoms in total. The highest BCUT2D eigenvalue weighted by molar-refractivity contribution is 5.80. The first-order chi connectivity index (χ1) is 14.8. The van der Waals surface area contributed by atoms with Crippen LogP contribution in [0.25, 0.3) is 28.0 Å². The van der Waals surface area contributed by atoms with E-state index < -0.39 is 0 Å². The molecule has 0 amide bonds. The molecule has 3 heterocycles. The van der Waals surface area contributed by atoms with Crippen molar-refractivity contribution in [1.82, 2.24) is 14.6 Å². The Morgan fingerprint density at radius 1 is 0.900 bits per heavy atom. The third-order valence-corrected chi connectivity index (χ3v) is 5.87. The number of nitrogens with one attached hydrogen (secondary N) is 1. The molecule has 152 valence electrons. The molecule has 1 aliphatic rings. The molecule has 2 aromatic heterocycles. The van der Waals surface area contributed by atoms with Crippen LogP contribution in [0.2, 0.25) is 0 Å². The molecule has 2 aromatic carbocycles. The van der Waals surface area contributed by atoms with Crippen molar-refractivity contribution in [2.75, 3.05) is 44.2 Å². The molecule has 0 radical (unpaired) electrons. The maximum Gasteiger partial charge on any atom is 0.165 e. The highest BCUT2D eigenvalue weighted by atomic mass is 16.3. The minimum Gasteiger partial charge on any atom is -0.391 e. The van der Waals surface area contributed by atoms with Gasteiger partial charge >= 0.3 is 0 Å². The number of quaternary nitrogens is 1. The molecule has 5 rings (SSSR count). The van der Waals surface area contributed by atoms with Crippen molar-refractivity contribution < 1.29 is 10.0 Å². The number of hydrogen-bond acceptors (Lipinski definition) is 4. The predicted octanol–water partition coefficient (Wildman–Crippen LogP) is 1.76. The second-order valence-electron chi connectivity index (χ2n) is 7.74. The zero-order valence-corrected chi connectivity index (χ0v) is 16.9. The predicted molar refractivity (Wildman–Crippen MR) is 119 cm³/mol. The van der Waals surface area contributed by atoms with Crippen LogP contribution in [-0.2, 0) is 0 Å². The highest BCUT2D eigenvalue weighted by Crippen LogP contribution is 2.30. The van der Waals surface area contributed by atoms with Crippen molar-refractivity contribution in [2.24, 2.45) is 0 Å². The summed E-state index contributed by atoms with van der Waals surface area (Å²) < 4.78 is 1.98. The Labute approximate surface area is 176 Å². The number of piperazine rings is 1. The van der Waals surface area contributed by atoms with Gasteiger partial charge < -0.3 is 14.9 Å². The molecule has 1 aliphatic heterocycles. The zero-order chi connectivity index (χ0) is 20.3. The largest absolute Gasteiger partial charge is 0.391 e. The summed E-state index contributed by atoms with van der Waals surface area (Å²) >= 11 is 0. The van der Waals surface area contributed by atoms with E-state index in [1.165, 1.54) is 4.90 Å². The van der Waals surface area contributed by atoms with Gasteiger partial charge in [-0.1, -0.05) is 60.7 Å². The van der Waals surface area contributed by atoms with E-state index >= 15 is 0 Å². The van der Waals surface area contributed by atoms with Crippen molar-refractivity contribution in [3.05, 3.63) is 72.9 Å². The number of aliphatic hydroxyl groups excluding tert-OH is 1. The minimum atomic E-state index is 0.243. The van der Waals surface area contributed by atoms with Crippen LogP contribution >= 0.6 is 0 Å². The highest BCUT2D eigenvalue weighted by Gasteiger charge is 2.23. The Balaban J connectivity index is 1.61. The van der Waals surface area contributed by atoms with E-state index in [9.17, 15) is 5.11 Å². The first kappa shape index (κ1) is 18.8. The fourth-order valence-corrected chi connectivity index (χ4v) is 4.21. The lowest BCUT2D eigenvalue weighted by molar-refractivity contribution is -0.900. The summed E-state index contributed by atoms with van der Waals surface area (Å²) in [4.78, 5) is 8.86. The van der Waals surface area contributed by atoms with Crippen LogP contribution in [0.3, 0.4) is 0 Å². The van der Waals surface area contributed by atoms with Gasteiger partial charge in [0, 0.05) is 17.2 Å². The summed E-state index contributed by atoms with van der Waals surface area (Å²) in [5.41, 5.74) is 5.10. The molecule has 0 atom stereocenters. The quantitative estimate of drug-likeness (QED) is 0.536. The summed E-state index contributed by atoms with van der Waals surface area (Å²) in [7, 11) is 0. The van der Waals surface area contributed by atoms with E-state index in [1.54, 1.807) is 0 Å². The smallest absolute Gasteiger partial charge is 0.165 e. The van der Waals surface area contributed by atoms with Crippen LogP contribution in [-0.4, -0.2) is 59.0 Å². The molecule has 0 unspecified atom stereocenters. The summed E-state index contributed by atoms with van der Waals surface area (Å²) in [5.74, 6) is 1.07. The molecule has 6 heteroatoms. The van der Waals surface area contributed by atoms with E-state index in [-0.39, 0.29) is 6.61 Å². The number of rotatable bonds is 5. The fourth-order valence-electron chi connectivity index (χ4n) is 4.21. The van der Waals surface area contributed by atoms with Crippen LogP contribution in [0.5, 0.6) is 0 Å². The molecule has 0 saturated carbocycles. The Morgan fingerprint density at radius 2 is 1.57 bits per heavy atom. The molecule has 30 heavy (non-hydrogen) atoms. The van der Waals surface area contributed by atoms with Gasteiger partial charge in [0.2, 0.25) is 0 Å². The van der Waals surface area contributed by atoms with Gasteiger partial charge in [-0.15, -0.1) is 0 Å². The van der Waals surface area contributed by atoms with Crippen LogP contribution in [0.4, 0.5) is 5.82 Å². The van der Waals surface area contributed by atoms with Gasteiger partial charge in [0.1, 0.15) is 12.4 Å². The van der Waals surface area contributed by atoms with Gasteiger partial charge in [-0.05, 0) is 5.56 Å². The van der Waals surface area contributed by atoms with Crippen LogP contribution in [0.1, 0.15) is 0 Å². The monoisotopic (exact) mass is 400 g/mol. The molecule has 4 aromatic rings. The normalized spacial score (nSPS) is 15.0. The maximum atomic E-state index is 9.26. The number of benzene rings is 2. The Bertz CT molecular complexity index is 1120. The standard InChI is InChI=1S/C24H25N5O/c30-16-15-27-11-13-28(14-12-27)23-17-22(20-9-5-2-6-10-20)26-24-21(18-25-29(23)24)19-7-3-1-4-8-19/h1-10,17-18,30H,11-16H2/p+1. The molecule has 1 saturated heterocycles. The van der Waals surface area contributed by atoms with E-state index in [2.05, 4.69) is 35.2 Å². The second kappa shape index (κ2) is 8.26. The van der Waals surface area contributed by atoms with Crippen molar-refractivity contribution in [3.8, 4) is 22.4 Å². The molecule has 2 N–H and O–H groups in total. The second-order valence-corrected chi connectivity index (χ2v) is 7.74. The Morgan fingerprint density at radius 3 is 2.23 bits per heavy atom. The number of fused-ring (bicyclic) bond motifs is 1. The SMILES string of the molecule is OCC[NH+]1CCN(c2cc(-c3ccccc3)nc3c(-c4ccccc4)cnn23)CC1. The number of nitrogens with zero attached hydrogens (tertiary/aromatic N) is 4. The number of aromatic nitrogens is 3. The van der Waals surface area contributed by atoms with Gasteiger partial charge in [0.15, 0.2) is 5.65 Å². The molecule has 0 aliphatic carbocycles. The summed E-state index contributed by atoms with van der Waals surface area (Å²) in [6.45, 7) is 4.95. The van der Waals surface area contributed by atoms with Crippen molar-refractivity contribution in [3.63, 3.8) is 0 Å². The third kappa shape index (κ3) is 3.56. The van der Waals surface area contributed by atoms with Crippen molar-refractivity contribution in [2.45, 2.75) is 0 Å². The molecule has 0 bridgehead atoms. The molecular weight excluding hydrogens is 374 g/mol. The molecule has 1 fully saturated rings.